The average molecular weight is 924 g/mol. The van der Waals surface area contributed by atoms with Gasteiger partial charge in [0.1, 0.15) is 13.2 Å². The molecule has 0 spiro atoms. The monoisotopic (exact) mass is 923 g/mol. The van der Waals surface area contributed by atoms with Crippen molar-refractivity contribution in [2.75, 3.05) is 13.2 Å². The number of carbonyl (C=O) groups excluding carboxylic acids is 3. The summed E-state index contributed by atoms with van der Waals surface area (Å²) in [7, 11) is 0. The van der Waals surface area contributed by atoms with Crippen LogP contribution < -0.4 is 0 Å². The molecule has 0 fully saturated rings. The lowest BCUT2D eigenvalue weighted by Crippen LogP contribution is -2.30. The molecule has 0 saturated heterocycles. The number of esters is 3. The van der Waals surface area contributed by atoms with Crippen LogP contribution in [0.5, 0.6) is 0 Å². The summed E-state index contributed by atoms with van der Waals surface area (Å²) in [6, 6.07) is 0. The van der Waals surface area contributed by atoms with Crippen LogP contribution in [-0.2, 0) is 28.6 Å². The molecule has 0 heterocycles. The summed E-state index contributed by atoms with van der Waals surface area (Å²) in [5.74, 6) is -0.920. The number of hydrogen-bond acceptors (Lipinski definition) is 6. The molecule has 0 rings (SSSR count). The van der Waals surface area contributed by atoms with E-state index in [9.17, 15) is 14.4 Å². The molecule has 6 heteroatoms. The van der Waals surface area contributed by atoms with Crippen LogP contribution >= 0.6 is 0 Å². The van der Waals surface area contributed by atoms with E-state index >= 15 is 0 Å². The van der Waals surface area contributed by atoms with E-state index in [1.54, 1.807) is 0 Å². The fraction of sp³-hybridized carbons (Fsp3) is 0.783. The molecule has 0 saturated carbocycles. The molecular formula is C60H106O6. The lowest BCUT2D eigenvalue weighted by Gasteiger charge is -2.18. The lowest BCUT2D eigenvalue weighted by molar-refractivity contribution is -0.167. The van der Waals surface area contributed by atoms with Crippen molar-refractivity contribution in [1.29, 1.82) is 0 Å². The van der Waals surface area contributed by atoms with Crippen LogP contribution in [0.2, 0.25) is 0 Å². The quantitative estimate of drug-likeness (QED) is 0.0199. The van der Waals surface area contributed by atoms with Crippen LogP contribution in [0.4, 0.5) is 0 Å². The zero-order valence-corrected chi connectivity index (χ0v) is 43.7. The zero-order chi connectivity index (χ0) is 47.9. The standard InChI is InChI=1S/C60H106O6/c1-4-7-10-13-16-19-22-25-27-29-30-31-33-35-38-41-44-47-50-53-59(62)65-56-57(55-64-58(61)52-49-46-43-40-37-34-24-21-18-15-12-9-6-3)66-60(63)54-51-48-45-42-39-36-32-28-26-23-20-17-14-11-8-5-2/h9,12,15,18,21,24,29-30,34,37,57H,4-8,10-11,13-14,16-17,19-20,22-23,25-28,31-33,35-36,38-56H2,1-3H3/b12-9+,18-15+,24-21+,30-29+,37-34+. The molecule has 0 aliphatic rings. The van der Waals surface area contributed by atoms with Crippen molar-refractivity contribution in [1.82, 2.24) is 0 Å². The maximum absolute atomic E-state index is 12.8. The summed E-state index contributed by atoms with van der Waals surface area (Å²) in [5, 5.41) is 0. The van der Waals surface area contributed by atoms with E-state index in [1.807, 2.05) is 30.4 Å². The van der Waals surface area contributed by atoms with Gasteiger partial charge in [0.2, 0.25) is 0 Å². The van der Waals surface area contributed by atoms with E-state index in [0.717, 1.165) is 70.6 Å². The first-order chi connectivity index (χ1) is 32.5. The van der Waals surface area contributed by atoms with Gasteiger partial charge in [-0.25, -0.2) is 0 Å². The third-order valence-electron chi connectivity index (χ3n) is 12.4. The Morgan fingerprint density at radius 1 is 0.318 bits per heavy atom. The molecule has 0 aliphatic carbocycles. The molecule has 1 atom stereocenters. The molecule has 0 aliphatic heterocycles. The highest BCUT2D eigenvalue weighted by atomic mass is 16.6. The minimum atomic E-state index is -0.790. The smallest absolute Gasteiger partial charge is 0.306 e. The Balaban J connectivity index is 4.37. The summed E-state index contributed by atoms with van der Waals surface area (Å²) in [4.78, 5) is 38.1. The van der Waals surface area contributed by atoms with Gasteiger partial charge in [0.15, 0.2) is 6.10 Å². The summed E-state index contributed by atoms with van der Waals surface area (Å²) < 4.78 is 16.8. The number of allylic oxidation sites excluding steroid dienone is 10. The maximum atomic E-state index is 12.8. The van der Waals surface area contributed by atoms with Crippen LogP contribution in [0.3, 0.4) is 0 Å². The van der Waals surface area contributed by atoms with Gasteiger partial charge in [0.25, 0.3) is 0 Å². The molecule has 1 unspecified atom stereocenters. The molecule has 0 bridgehead atoms. The molecule has 382 valence electrons. The molecule has 0 radical (unpaired) electrons. The van der Waals surface area contributed by atoms with Crippen molar-refractivity contribution in [2.45, 2.75) is 290 Å². The Hall–Kier alpha value is -2.89. The third kappa shape index (κ3) is 52.1. The largest absolute Gasteiger partial charge is 0.462 e. The van der Waals surface area contributed by atoms with E-state index in [4.69, 9.17) is 14.2 Å². The van der Waals surface area contributed by atoms with Crippen LogP contribution in [0.25, 0.3) is 0 Å². The second-order valence-corrected chi connectivity index (χ2v) is 18.9. The topological polar surface area (TPSA) is 78.9 Å². The SMILES string of the molecule is CC/C=C/C=C/C=C/C=C/CCCCCC(=O)OCC(COC(=O)CCCCCCCCC/C=C/CCCCCCCCCC)OC(=O)CCCCCCCCCCCCCCCCCC. The van der Waals surface area contributed by atoms with Gasteiger partial charge in [-0.15, -0.1) is 0 Å². The summed E-state index contributed by atoms with van der Waals surface area (Å²) in [6.45, 7) is 6.49. The van der Waals surface area contributed by atoms with Crippen LogP contribution in [0.1, 0.15) is 284 Å². The molecule has 66 heavy (non-hydrogen) atoms. The van der Waals surface area contributed by atoms with E-state index in [2.05, 4.69) is 51.2 Å². The Morgan fingerprint density at radius 3 is 0.985 bits per heavy atom. The molecule has 0 aromatic rings. The molecule has 0 N–H and O–H groups in total. The van der Waals surface area contributed by atoms with Crippen LogP contribution in [0, 0.1) is 0 Å². The molecule has 6 nitrogen and oxygen atoms in total. The average Bonchev–Trinajstić information content (AvgIpc) is 3.31. The number of hydrogen-bond donors (Lipinski definition) is 0. The Kier molecular flexibility index (Phi) is 52.3. The summed E-state index contributed by atoms with van der Waals surface area (Å²) in [6.07, 6.45) is 67.9. The van der Waals surface area contributed by atoms with E-state index in [1.165, 1.54) is 173 Å². The normalized spacial score (nSPS) is 12.5. The molecule has 0 aromatic heterocycles. The van der Waals surface area contributed by atoms with Gasteiger partial charge in [-0.1, -0.05) is 261 Å². The van der Waals surface area contributed by atoms with Crippen molar-refractivity contribution in [3.63, 3.8) is 0 Å². The minimum Gasteiger partial charge on any atom is -0.462 e. The van der Waals surface area contributed by atoms with E-state index < -0.39 is 6.10 Å². The minimum absolute atomic E-state index is 0.0869. The lowest BCUT2D eigenvalue weighted by atomic mass is 10.0. The van der Waals surface area contributed by atoms with Gasteiger partial charge in [-0.05, 0) is 64.2 Å². The van der Waals surface area contributed by atoms with E-state index in [0.29, 0.717) is 19.3 Å². The second-order valence-electron chi connectivity index (χ2n) is 18.9. The predicted molar refractivity (Wildman–Crippen MR) is 284 cm³/mol. The van der Waals surface area contributed by atoms with Crippen molar-refractivity contribution in [3.05, 3.63) is 60.8 Å². The number of carbonyl (C=O) groups is 3. The molecular weight excluding hydrogens is 817 g/mol. The zero-order valence-electron chi connectivity index (χ0n) is 43.7. The van der Waals surface area contributed by atoms with Gasteiger partial charge < -0.3 is 14.2 Å². The van der Waals surface area contributed by atoms with Crippen LogP contribution in [0.15, 0.2) is 60.8 Å². The number of rotatable bonds is 51. The number of ether oxygens (including phenoxy) is 3. The van der Waals surface area contributed by atoms with Crippen molar-refractivity contribution in [3.8, 4) is 0 Å². The predicted octanol–water partition coefficient (Wildman–Crippen LogP) is 18.8. The Labute approximate surface area is 409 Å². The van der Waals surface area contributed by atoms with Crippen molar-refractivity contribution in [2.24, 2.45) is 0 Å². The number of unbranched alkanes of at least 4 members (excludes halogenated alkanes) is 33. The van der Waals surface area contributed by atoms with Gasteiger partial charge in [0, 0.05) is 19.3 Å². The maximum Gasteiger partial charge on any atom is 0.306 e. The first kappa shape index (κ1) is 63.1. The molecule has 0 aromatic carbocycles. The fourth-order valence-corrected chi connectivity index (χ4v) is 8.10. The highest BCUT2D eigenvalue weighted by Crippen LogP contribution is 2.16. The van der Waals surface area contributed by atoms with Crippen LogP contribution in [-0.4, -0.2) is 37.2 Å². The fourth-order valence-electron chi connectivity index (χ4n) is 8.10. The third-order valence-corrected chi connectivity index (χ3v) is 12.4. The Bertz CT molecular complexity index is 1200. The van der Waals surface area contributed by atoms with Gasteiger partial charge in [-0.2, -0.15) is 0 Å². The Morgan fingerprint density at radius 2 is 0.606 bits per heavy atom. The molecule has 0 amide bonds. The first-order valence-corrected chi connectivity index (χ1v) is 28.3. The van der Waals surface area contributed by atoms with Crippen molar-refractivity contribution >= 4 is 17.9 Å². The highest BCUT2D eigenvalue weighted by molar-refractivity contribution is 5.71. The van der Waals surface area contributed by atoms with E-state index in [-0.39, 0.29) is 31.1 Å². The second kappa shape index (κ2) is 54.7. The van der Waals surface area contributed by atoms with Gasteiger partial charge in [-0.3, -0.25) is 14.4 Å². The van der Waals surface area contributed by atoms with Gasteiger partial charge >= 0.3 is 17.9 Å². The first-order valence-electron chi connectivity index (χ1n) is 28.3. The highest BCUT2D eigenvalue weighted by Gasteiger charge is 2.19. The summed E-state index contributed by atoms with van der Waals surface area (Å²) in [5.41, 5.74) is 0. The summed E-state index contributed by atoms with van der Waals surface area (Å²) >= 11 is 0. The van der Waals surface area contributed by atoms with Crippen molar-refractivity contribution < 1.29 is 28.6 Å². The van der Waals surface area contributed by atoms with Gasteiger partial charge in [0.05, 0.1) is 0 Å².